The second-order valence-electron chi connectivity index (χ2n) is 3.66. The molecule has 0 saturated carbocycles. The molecule has 0 saturated heterocycles. The van der Waals surface area contributed by atoms with Crippen molar-refractivity contribution in [1.82, 2.24) is 0 Å². The van der Waals surface area contributed by atoms with Gasteiger partial charge in [0.1, 0.15) is 5.82 Å². The summed E-state index contributed by atoms with van der Waals surface area (Å²) in [4.78, 5) is 11.7. The molecule has 0 aliphatic rings. The van der Waals surface area contributed by atoms with Crippen LogP contribution in [0.2, 0.25) is 0 Å². The summed E-state index contributed by atoms with van der Waals surface area (Å²) in [6.07, 6.45) is 0. The first kappa shape index (κ1) is 12.6. The molecule has 0 aliphatic heterocycles. The maximum atomic E-state index is 12.8. The van der Waals surface area contributed by atoms with Crippen molar-refractivity contribution < 1.29 is 13.9 Å². The van der Waals surface area contributed by atoms with E-state index < -0.39 is 6.04 Å². The van der Waals surface area contributed by atoms with Gasteiger partial charge in [0.2, 0.25) is 0 Å². The summed E-state index contributed by atoms with van der Waals surface area (Å²) in [7, 11) is 1.34. The van der Waals surface area contributed by atoms with E-state index >= 15 is 0 Å². The van der Waals surface area contributed by atoms with Crippen LogP contribution in [0, 0.1) is 5.82 Å². The van der Waals surface area contributed by atoms with Crippen LogP contribution >= 0.6 is 11.3 Å². The molecular formula is C13H12FNO2S. The van der Waals surface area contributed by atoms with Gasteiger partial charge < -0.3 is 10.1 Å². The SMILES string of the molecule is COC(=O)C(Nc1ccc(F)cc1)c1ccsc1. The minimum atomic E-state index is -0.577. The summed E-state index contributed by atoms with van der Waals surface area (Å²) in [6, 6.07) is 7.11. The van der Waals surface area contributed by atoms with E-state index in [0.29, 0.717) is 5.69 Å². The van der Waals surface area contributed by atoms with Crippen LogP contribution < -0.4 is 5.32 Å². The molecule has 0 radical (unpaired) electrons. The van der Waals surface area contributed by atoms with Crippen LogP contribution in [0.15, 0.2) is 41.1 Å². The Bertz CT molecular complexity index is 510. The summed E-state index contributed by atoms with van der Waals surface area (Å²) in [5.41, 5.74) is 1.49. The molecule has 94 valence electrons. The molecule has 18 heavy (non-hydrogen) atoms. The number of ether oxygens (including phenoxy) is 1. The third kappa shape index (κ3) is 2.87. The van der Waals surface area contributed by atoms with E-state index in [0.717, 1.165) is 5.56 Å². The zero-order valence-electron chi connectivity index (χ0n) is 9.72. The van der Waals surface area contributed by atoms with E-state index in [9.17, 15) is 9.18 Å². The summed E-state index contributed by atoms with van der Waals surface area (Å²) in [5.74, 6) is -0.691. The largest absolute Gasteiger partial charge is 0.467 e. The van der Waals surface area contributed by atoms with Gasteiger partial charge in [0.15, 0.2) is 6.04 Å². The van der Waals surface area contributed by atoms with Gasteiger partial charge in [-0.25, -0.2) is 9.18 Å². The molecule has 0 aliphatic carbocycles. The number of methoxy groups -OCH3 is 1. The van der Waals surface area contributed by atoms with Crippen LogP contribution in [0.4, 0.5) is 10.1 Å². The molecule has 2 aromatic rings. The zero-order valence-corrected chi connectivity index (χ0v) is 10.5. The number of anilines is 1. The van der Waals surface area contributed by atoms with Crippen molar-refractivity contribution in [3.05, 3.63) is 52.5 Å². The number of halogens is 1. The number of carbonyl (C=O) groups is 1. The summed E-state index contributed by atoms with van der Waals surface area (Å²) in [6.45, 7) is 0. The molecule has 0 amide bonds. The van der Waals surface area contributed by atoms with Crippen LogP contribution in [-0.4, -0.2) is 13.1 Å². The fourth-order valence-corrected chi connectivity index (χ4v) is 2.23. The molecule has 5 heteroatoms. The predicted octanol–water partition coefficient (Wildman–Crippen LogP) is 3.21. The minimum absolute atomic E-state index is 0.314. The molecule has 0 spiro atoms. The van der Waals surface area contributed by atoms with Crippen molar-refractivity contribution in [1.29, 1.82) is 0 Å². The fraction of sp³-hybridized carbons (Fsp3) is 0.154. The van der Waals surface area contributed by atoms with Crippen molar-refractivity contribution in [3.63, 3.8) is 0 Å². The average Bonchev–Trinajstić information content (AvgIpc) is 2.91. The van der Waals surface area contributed by atoms with Crippen LogP contribution in [0.3, 0.4) is 0 Å². The lowest BCUT2D eigenvalue weighted by Gasteiger charge is -2.16. The van der Waals surface area contributed by atoms with Crippen molar-refractivity contribution in [2.75, 3.05) is 12.4 Å². The number of carbonyl (C=O) groups excluding carboxylic acids is 1. The number of thiophene rings is 1. The number of nitrogens with one attached hydrogen (secondary N) is 1. The minimum Gasteiger partial charge on any atom is -0.467 e. The van der Waals surface area contributed by atoms with E-state index in [-0.39, 0.29) is 11.8 Å². The van der Waals surface area contributed by atoms with Crippen LogP contribution in [0.5, 0.6) is 0 Å². The van der Waals surface area contributed by atoms with Gasteiger partial charge in [-0.2, -0.15) is 11.3 Å². The van der Waals surface area contributed by atoms with Gasteiger partial charge in [0.25, 0.3) is 0 Å². The Labute approximate surface area is 108 Å². The number of benzene rings is 1. The van der Waals surface area contributed by atoms with Gasteiger partial charge in [-0.15, -0.1) is 0 Å². The fourth-order valence-electron chi connectivity index (χ4n) is 1.55. The lowest BCUT2D eigenvalue weighted by Crippen LogP contribution is -2.21. The molecule has 0 fully saturated rings. The highest BCUT2D eigenvalue weighted by Gasteiger charge is 2.21. The Kier molecular flexibility index (Phi) is 3.94. The van der Waals surface area contributed by atoms with Gasteiger partial charge >= 0.3 is 5.97 Å². The molecule has 0 bridgehead atoms. The van der Waals surface area contributed by atoms with Gasteiger partial charge in [0.05, 0.1) is 7.11 Å². The number of esters is 1. The highest BCUT2D eigenvalue weighted by Crippen LogP contribution is 2.23. The maximum Gasteiger partial charge on any atom is 0.333 e. The monoisotopic (exact) mass is 265 g/mol. The van der Waals surface area contributed by atoms with Gasteiger partial charge in [0, 0.05) is 5.69 Å². The normalized spacial score (nSPS) is 11.9. The first-order valence-corrected chi connectivity index (χ1v) is 6.27. The van der Waals surface area contributed by atoms with Crippen molar-refractivity contribution in [3.8, 4) is 0 Å². The van der Waals surface area contributed by atoms with Gasteiger partial charge in [-0.1, -0.05) is 0 Å². The van der Waals surface area contributed by atoms with Crippen LogP contribution in [0.25, 0.3) is 0 Å². The number of rotatable bonds is 4. The predicted molar refractivity (Wildman–Crippen MR) is 69.1 cm³/mol. The standard InChI is InChI=1S/C13H12FNO2S/c1-17-13(16)12(9-6-7-18-8-9)15-11-4-2-10(14)3-5-11/h2-8,12,15H,1H3. The highest BCUT2D eigenvalue weighted by atomic mass is 32.1. The Morgan fingerprint density at radius 2 is 2.06 bits per heavy atom. The van der Waals surface area contributed by atoms with E-state index in [1.807, 2.05) is 16.8 Å². The Hall–Kier alpha value is -1.88. The average molecular weight is 265 g/mol. The van der Waals surface area contributed by atoms with Crippen molar-refractivity contribution >= 4 is 23.0 Å². The second-order valence-corrected chi connectivity index (χ2v) is 4.44. The maximum absolute atomic E-state index is 12.8. The summed E-state index contributed by atoms with van der Waals surface area (Å²) in [5, 5.41) is 6.78. The zero-order chi connectivity index (χ0) is 13.0. The van der Waals surface area contributed by atoms with Crippen LogP contribution in [0.1, 0.15) is 11.6 Å². The quantitative estimate of drug-likeness (QED) is 0.863. The van der Waals surface area contributed by atoms with Crippen molar-refractivity contribution in [2.45, 2.75) is 6.04 Å². The van der Waals surface area contributed by atoms with Gasteiger partial charge in [-0.3, -0.25) is 0 Å². The van der Waals surface area contributed by atoms with Gasteiger partial charge in [-0.05, 0) is 46.7 Å². The molecule has 1 aromatic heterocycles. The topological polar surface area (TPSA) is 38.3 Å². The first-order chi connectivity index (χ1) is 8.70. The number of hydrogen-bond donors (Lipinski definition) is 1. The Balaban J connectivity index is 2.20. The third-order valence-electron chi connectivity index (χ3n) is 2.47. The van der Waals surface area contributed by atoms with Crippen molar-refractivity contribution in [2.24, 2.45) is 0 Å². The van der Waals surface area contributed by atoms with E-state index in [1.165, 1.54) is 30.6 Å². The summed E-state index contributed by atoms with van der Waals surface area (Å²) < 4.78 is 17.6. The van der Waals surface area contributed by atoms with E-state index in [4.69, 9.17) is 4.74 Å². The number of hydrogen-bond acceptors (Lipinski definition) is 4. The molecule has 1 aromatic carbocycles. The molecular weight excluding hydrogens is 253 g/mol. The Morgan fingerprint density at radius 3 is 2.61 bits per heavy atom. The summed E-state index contributed by atoms with van der Waals surface area (Å²) >= 11 is 1.50. The molecule has 2 rings (SSSR count). The second kappa shape index (κ2) is 5.64. The van der Waals surface area contributed by atoms with E-state index in [1.54, 1.807) is 12.1 Å². The molecule has 1 N–H and O–H groups in total. The lowest BCUT2D eigenvalue weighted by molar-refractivity contribution is -0.141. The third-order valence-corrected chi connectivity index (χ3v) is 3.17. The van der Waals surface area contributed by atoms with E-state index in [2.05, 4.69) is 5.32 Å². The Morgan fingerprint density at radius 1 is 1.33 bits per heavy atom. The molecule has 3 nitrogen and oxygen atoms in total. The first-order valence-electron chi connectivity index (χ1n) is 5.32. The van der Waals surface area contributed by atoms with Crippen LogP contribution in [-0.2, 0) is 9.53 Å². The molecule has 1 atom stereocenters. The highest BCUT2D eigenvalue weighted by molar-refractivity contribution is 7.08. The lowest BCUT2D eigenvalue weighted by atomic mass is 10.1. The molecule has 1 heterocycles. The smallest absolute Gasteiger partial charge is 0.333 e. The molecule has 1 unspecified atom stereocenters.